The monoisotopic (exact) mass is 481 g/mol. The van der Waals surface area contributed by atoms with Gasteiger partial charge in [0, 0.05) is 35.8 Å². The Morgan fingerprint density at radius 1 is 1.09 bits per heavy atom. The molecule has 2 aromatic carbocycles. The Kier molecular flexibility index (Phi) is 7.26. The minimum atomic E-state index is -4.85. The summed E-state index contributed by atoms with van der Waals surface area (Å²) in [6, 6.07) is 10.8. The summed E-state index contributed by atoms with van der Waals surface area (Å²) in [5, 5.41) is 9.57. The topological polar surface area (TPSA) is 70.2 Å². The van der Waals surface area contributed by atoms with Crippen molar-refractivity contribution in [3.8, 4) is 0 Å². The average molecular weight is 482 g/mol. The van der Waals surface area contributed by atoms with Crippen molar-refractivity contribution in [2.45, 2.75) is 46.3 Å². The number of carbonyl (C=O) groups excluding carboxylic acids is 2. The van der Waals surface area contributed by atoms with Gasteiger partial charge in [0.25, 0.3) is 0 Å². The molecule has 0 spiro atoms. The third kappa shape index (κ3) is 6.19. The fourth-order valence-corrected chi connectivity index (χ4v) is 3.80. The Morgan fingerprint density at radius 2 is 1.76 bits per heavy atom. The maximum atomic E-state index is 12.9. The van der Waals surface area contributed by atoms with E-state index in [2.05, 4.69) is 16.0 Å². The highest BCUT2D eigenvalue weighted by atomic mass is 35.5. The molecule has 0 aliphatic carbocycles. The van der Waals surface area contributed by atoms with Gasteiger partial charge in [-0.3, -0.25) is 9.59 Å². The van der Waals surface area contributed by atoms with E-state index in [0.717, 1.165) is 11.1 Å². The highest BCUT2D eigenvalue weighted by Gasteiger charge is 2.43. The van der Waals surface area contributed by atoms with Crippen molar-refractivity contribution < 1.29 is 22.8 Å². The van der Waals surface area contributed by atoms with Crippen LogP contribution in [-0.2, 0) is 22.6 Å². The van der Waals surface area contributed by atoms with E-state index >= 15 is 0 Å². The largest absolute Gasteiger partial charge is 0.450 e. The van der Waals surface area contributed by atoms with Crippen molar-refractivity contribution in [3.05, 3.63) is 52.5 Å². The summed E-state index contributed by atoms with van der Waals surface area (Å²) in [6.45, 7) is 5.86. The molecule has 2 aromatic rings. The van der Waals surface area contributed by atoms with Gasteiger partial charge in [0.2, 0.25) is 11.7 Å². The van der Waals surface area contributed by atoms with Gasteiger partial charge in [0.05, 0.1) is 10.7 Å². The number of hydrogen-bond donors (Lipinski definition) is 3. The standard InChI is InChI=1S/C24H27ClF3N3O2/c1-23(2,3)22(33)31-16-7-4-14(5-8-16)12-30-20-17-9-6-15(21(32)24(26,27)28)13-29-19(17)11-10-18(20)25/h4-5,7-8,10-11,15,29-30H,6,9,12-13H2,1-3H3,(H,31,33). The van der Waals surface area contributed by atoms with Crippen molar-refractivity contribution in [2.24, 2.45) is 11.3 Å². The normalized spacial score (nSPS) is 16.3. The number of Topliss-reactive ketones (excluding diaryl/α,β-unsaturated/α-hetero) is 1. The van der Waals surface area contributed by atoms with Crippen LogP contribution >= 0.6 is 11.6 Å². The van der Waals surface area contributed by atoms with E-state index in [1.807, 2.05) is 45.0 Å². The van der Waals surface area contributed by atoms with Gasteiger partial charge in [-0.1, -0.05) is 44.5 Å². The summed E-state index contributed by atoms with van der Waals surface area (Å²) < 4.78 is 38.6. The maximum absolute atomic E-state index is 12.9. The predicted molar refractivity (Wildman–Crippen MR) is 125 cm³/mol. The smallest absolute Gasteiger partial charge is 0.384 e. The molecular weight excluding hydrogens is 455 g/mol. The zero-order valence-corrected chi connectivity index (χ0v) is 19.5. The van der Waals surface area contributed by atoms with Crippen LogP contribution in [0.4, 0.5) is 30.2 Å². The quantitative estimate of drug-likeness (QED) is 0.486. The molecular formula is C24H27ClF3N3O2. The molecule has 0 bridgehead atoms. The maximum Gasteiger partial charge on any atom is 0.450 e. The van der Waals surface area contributed by atoms with Gasteiger partial charge in [0.1, 0.15) is 0 Å². The number of rotatable bonds is 5. The Bertz CT molecular complexity index is 1030. The molecule has 0 saturated carbocycles. The molecule has 3 N–H and O–H groups in total. The lowest BCUT2D eigenvalue weighted by atomic mass is 9.95. The molecule has 0 radical (unpaired) electrons. The fraction of sp³-hybridized carbons (Fsp3) is 0.417. The van der Waals surface area contributed by atoms with Crippen molar-refractivity contribution in [3.63, 3.8) is 0 Å². The molecule has 0 aromatic heterocycles. The number of halogens is 4. The van der Waals surface area contributed by atoms with Gasteiger partial charge in [0.15, 0.2) is 0 Å². The molecule has 3 rings (SSSR count). The first-order chi connectivity index (χ1) is 15.4. The molecule has 0 saturated heterocycles. The lowest BCUT2D eigenvalue weighted by Crippen LogP contribution is -2.34. The van der Waals surface area contributed by atoms with Crippen LogP contribution in [0.25, 0.3) is 0 Å². The van der Waals surface area contributed by atoms with Crippen LogP contribution in [-0.4, -0.2) is 24.4 Å². The second kappa shape index (κ2) is 9.63. The van der Waals surface area contributed by atoms with Crippen LogP contribution in [0.5, 0.6) is 0 Å². The molecule has 178 valence electrons. The summed E-state index contributed by atoms with van der Waals surface area (Å²) in [6.07, 6.45) is -4.48. The van der Waals surface area contributed by atoms with Crippen molar-refractivity contribution >= 4 is 40.4 Å². The second-order valence-electron chi connectivity index (χ2n) is 9.18. The van der Waals surface area contributed by atoms with Gasteiger partial charge < -0.3 is 16.0 Å². The van der Waals surface area contributed by atoms with Crippen LogP contribution in [0.15, 0.2) is 36.4 Å². The summed E-state index contributed by atoms with van der Waals surface area (Å²) in [4.78, 5) is 23.8. The van der Waals surface area contributed by atoms with Crippen molar-refractivity contribution in [2.75, 3.05) is 22.5 Å². The second-order valence-corrected chi connectivity index (χ2v) is 9.59. The zero-order valence-electron chi connectivity index (χ0n) is 18.7. The third-order valence-electron chi connectivity index (χ3n) is 5.56. The van der Waals surface area contributed by atoms with Crippen molar-refractivity contribution in [1.29, 1.82) is 0 Å². The first-order valence-corrected chi connectivity index (χ1v) is 11.0. The van der Waals surface area contributed by atoms with Crippen molar-refractivity contribution in [1.82, 2.24) is 0 Å². The Morgan fingerprint density at radius 3 is 2.36 bits per heavy atom. The Labute approximate surface area is 196 Å². The minimum Gasteiger partial charge on any atom is -0.384 e. The van der Waals surface area contributed by atoms with E-state index in [-0.39, 0.29) is 25.3 Å². The number of carbonyl (C=O) groups is 2. The number of benzene rings is 2. The van der Waals surface area contributed by atoms with Crippen LogP contribution in [0.1, 0.15) is 38.3 Å². The van der Waals surface area contributed by atoms with E-state index in [4.69, 9.17) is 11.6 Å². The fourth-order valence-electron chi connectivity index (χ4n) is 3.56. The lowest BCUT2D eigenvalue weighted by molar-refractivity contribution is -0.175. The molecule has 1 unspecified atom stereocenters. The first kappa shape index (κ1) is 24.9. The summed E-state index contributed by atoms with van der Waals surface area (Å²) >= 11 is 6.39. The van der Waals surface area contributed by atoms with Gasteiger partial charge in [-0.05, 0) is 48.2 Å². The van der Waals surface area contributed by atoms with Gasteiger partial charge in [-0.15, -0.1) is 0 Å². The van der Waals surface area contributed by atoms with E-state index in [1.54, 1.807) is 12.1 Å². The SMILES string of the molecule is CC(C)(C)C(=O)Nc1ccc(CNc2c(Cl)ccc3c2CCC(C(=O)C(F)(F)F)CN3)cc1. The highest BCUT2D eigenvalue weighted by molar-refractivity contribution is 6.33. The van der Waals surface area contributed by atoms with Crippen LogP contribution in [0.3, 0.4) is 0 Å². The van der Waals surface area contributed by atoms with Gasteiger partial charge >= 0.3 is 6.18 Å². The Hall–Kier alpha value is -2.74. The van der Waals surface area contributed by atoms with E-state index < -0.39 is 23.3 Å². The predicted octanol–water partition coefficient (Wildman–Crippen LogP) is 6.04. The molecule has 1 aliphatic rings. The number of ketones is 1. The van der Waals surface area contributed by atoms with Crippen LogP contribution in [0.2, 0.25) is 5.02 Å². The number of anilines is 3. The number of nitrogens with one attached hydrogen (secondary N) is 3. The van der Waals surface area contributed by atoms with Gasteiger partial charge in [-0.2, -0.15) is 13.2 Å². The molecule has 1 amide bonds. The molecule has 5 nitrogen and oxygen atoms in total. The summed E-state index contributed by atoms with van der Waals surface area (Å²) in [5.74, 6) is -2.93. The van der Waals surface area contributed by atoms with Crippen LogP contribution < -0.4 is 16.0 Å². The van der Waals surface area contributed by atoms with E-state index in [1.165, 1.54) is 0 Å². The molecule has 1 atom stereocenters. The minimum absolute atomic E-state index is 0.0752. The molecule has 1 heterocycles. The highest BCUT2D eigenvalue weighted by Crippen LogP contribution is 2.37. The molecule has 33 heavy (non-hydrogen) atoms. The summed E-state index contributed by atoms with van der Waals surface area (Å²) in [5.41, 5.74) is 3.18. The van der Waals surface area contributed by atoms with Crippen LogP contribution in [0, 0.1) is 11.3 Å². The molecule has 1 aliphatic heterocycles. The molecule has 9 heteroatoms. The molecule has 0 fully saturated rings. The van der Waals surface area contributed by atoms with E-state index in [0.29, 0.717) is 28.6 Å². The number of hydrogen-bond acceptors (Lipinski definition) is 4. The summed E-state index contributed by atoms with van der Waals surface area (Å²) in [7, 11) is 0. The number of alkyl halides is 3. The third-order valence-corrected chi connectivity index (χ3v) is 5.87. The number of amides is 1. The number of fused-ring (bicyclic) bond motifs is 1. The first-order valence-electron chi connectivity index (χ1n) is 10.7. The lowest BCUT2D eigenvalue weighted by Gasteiger charge is -2.18. The van der Waals surface area contributed by atoms with Gasteiger partial charge in [-0.25, -0.2) is 0 Å². The Balaban J connectivity index is 1.70. The zero-order chi connectivity index (χ0) is 24.4. The van der Waals surface area contributed by atoms with E-state index in [9.17, 15) is 22.8 Å². The average Bonchev–Trinajstić information content (AvgIpc) is 2.95.